The summed E-state index contributed by atoms with van der Waals surface area (Å²) in [6.07, 6.45) is 3.66. The predicted octanol–water partition coefficient (Wildman–Crippen LogP) is 4.29. The molecule has 4 nitrogen and oxygen atoms in total. The molecule has 3 aromatic heterocycles. The molecule has 3 heterocycles. The molecule has 0 aliphatic carbocycles. The lowest BCUT2D eigenvalue weighted by Gasteiger charge is -2.05. The Morgan fingerprint density at radius 1 is 1.45 bits per heavy atom. The van der Waals surface area contributed by atoms with Gasteiger partial charge in [-0.15, -0.1) is 11.3 Å². The molecule has 0 bridgehead atoms. The van der Waals surface area contributed by atoms with Crippen molar-refractivity contribution in [2.75, 3.05) is 5.32 Å². The highest BCUT2D eigenvalue weighted by Gasteiger charge is 2.10. The molecule has 0 saturated carbocycles. The molecule has 3 aromatic rings. The van der Waals surface area contributed by atoms with Crippen LogP contribution in [-0.2, 0) is 6.54 Å². The van der Waals surface area contributed by atoms with Crippen molar-refractivity contribution in [2.45, 2.75) is 26.3 Å². The minimum Gasteiger partial charge on any atom is -0.363 e. The lowest BCUT2D eigenvalue weighted by molar-refractivity contribution is 0.787. The van der Waals surface area contributed by atoms with Gasteiger partial charge in [-0.25, -0.2) is 9.50 Å². The van der Waals surface area contributed by atoms with Crippen molar-refractivity contribution in [3.63, 3.8) is 0 Å². The number of hydrogen-bond donors (Lipinski definition) is 1. The molecule has 0 fully saturated rings. The second-order valence-corrected chi connectivity index (χ2v) is 6.73. The maximum absolute atomic E-state index is 4.57. The van der Waals surface area contributed by atoms with E-state index in [1.165, 1.54) is 4.88 Å². The Labute approximate surface area is 130 Å². The van der Waals surface area contributed by atoms with Gasteiger partial charge >= 0.3 is 0 Å². The molecule has 0 aliphatic heterocycles. The number of thiophene rings is 1. The molecule has 0 atom stereocenters. The van der Waals surface area contributed by atoms with E-state index in [0.717, 1.165) is 28.0 Å². The van der Waals surface area contributed by atoms with Gasteiger partial charge in [-0.1, -0.05) is 13.8 Å². The maximum atomic E-state index is 4.57. The van der Waals surface area contributed by atoms with E-state index in [4.69, 9.17) is 0 Å². The van der Waals surface area contributed by atoms with Gasteiger partial charge in [-0.05, 0) is 39.4 Å². The second-order valence-electron chi connectivity index (χ2n) is 4.87. The van der Waals surface area contributed by atoms with Gasteiger partial charge in [0.1, 0.15) is 5.52 Å². The smallest absolute Gasteiger partial charge is 0.152 e. The maximum Gasteiger partial charge on any atom is 0.152 e. The van der Waals surface area contributed by atoms with E-state index in [1.807, 2.05) is 10.7 Å². The van der Waals surface area contributed by atoms with Crippen LogP contribution in [0.1, 0.15) is 30.3 Å². The quantitative estimate of drug-likeness (QED) is 0.763. The first-order valence-corrected chi connectivity index (χ1v) is 8.12. The van der Waals surface area contributed by atoms with Crippen LogP contribution >= 0.6 is 27.3 Å². The third kappa shape index (κ3) is 2.58. The first-order chi connectivity index (χ1) is 9.65. The molecular weight excluding hydrogens is 336 g/mol. The third-order valence-electron chi connectivity index (χ3n) is 3.11. The third-order valence-corrected chi connectivity index (χ3v) is 5.03. The summed E-state index contributed by atoms with van der Waals surface area (Å²) in [4.78, 5) is 5.69. The standard InChI is InChI=1S/C14H15BrN4S/c1-9(2)11-7-12-14(16-4-5-19(12)18-11)17-8-13-10(15)3-6-20-13/h3-7,9H,8H2,1-2H3,(H,16,17). The van der Waals surface area contributed by atoms with Crippen molar-refractivity contribution in [1.82, 2.24) is 14.6 Å². The number of aromatic nitrogens is 3. The molecule has 1 N–H and O–H groups in total. The molecular formula is C14H15BrN4S. The van der Waals surface area contributed by atoms with E-state index in [9.17, 15) is 0 Å². The van der Waals surface area contributed by atoms with Gasteiger partial charge < -0.3 is 5.32 Å². The fraction of sp³-hybridized carbons (Fsp3) is 0.286. The fourth-order valence-electron chi connectivity index (χ4n) is 1.97. The number of nitrogens with zero attached hydrogens (tertiary/aromatic N) is 3. The summed E-state index contributed by atoms with van der Waals surface area (Å²) in [5.74, 6) is 1.28. The Morgan fingerprint density at radius 3 is 3.00 bits per heavy atom. The number of anilines is 1. The van der Waals surface area contributed by atoms with Crippen molar-refractivity contribution in [1.29, 1.82) is 0 Å². The minimum atomic E-state index is 0.411. The highest BCUT2D eigenvalue weighted by Crippen LogP contribution is 2.25. The van der Waals surface area contributed by atoms with Crippen molar-refractivity contribution in [3.05, 3.63) is 45.0 Å². The average molecular weight is 351 g/mol. The van der Waals surface area contributed by atoms with E-state index >= 15 is 0 Å². The molecule has 0 radical (unpaired) electrons. The lowest BCUT2D eigenvalue weighted by Crippen LogP contribution is -2.02. The van der Waals surface area contributed by atoms with E-state index in [0.29, 0.717) is 5.92 Å². The predicted molar refractivity (Wildman–Crippen MR) is 86.4 cm³/mol. The van der Waals surface area contributed by atoms with Crippen molar-refractivity contribution < 1.29 is 0 Å². The Bertz CT molecular complexity index is 732. The number of halogens is 1. The number of rotatable bonds is 4. The minimum absolute atomic E-state index is 0.411. The van der Waals surface area contributed by atoms with Crippen molar-refractivity contribution in [2.24, 2.45) is 0 Å². The van der Waals surface area contributed by atoms with Gasteiger partial charge in [0.2, 0.25) is 0 Å². The molecule has 0 amide bonds. The zero-order valence-corrected chi connectivity index (χ0v) is 13.7. The van der Waals surface area contributed by atoms with Gasteiger partial charge in [0.05, 0.1) is 12.2 Å². The first kappa shape index (κ1) is 13.6. The molecule has 3 rings (SSSR count). The normalized spacial score (nSPS) is 11.4. The average Bonchev–Trinajstić information content (AvgIpc) is 3.02. The Morgan fingerprint density at radius 2 is 2.30 bits per heavy atom. The zero-order chi connectivity index (χ0) is 14.1. The summed E-state index contributed by atoms with van der Waals surface area (Å²) in [5.41, 5.74) is 2.10. The summed E-state index contributed by atoms with van der Waals surface area (Å²) < 4.78 is 3.02. The van der Waals surface area contributed by atoms with Crippen LogP contribution in [0.4, 0.5) is 5.82 Å². The van der Waals surface area contributed by atoms with Gasteiger partial charge in [0.25, 0.3) is 0 Å². The molecule has 0 aromatic carbocycles. The molecule has 104 valence electrons. The van der Waals surface area contributed by atoms with Crippen LogP contribution in [0.2, 0.25) is 0 Å². The molecule has 6 heteroatoms. The summed E-state index contributed by atoms with van der Waals surface area (Å²) in [6, 6.07) is 4.16. The van der Waals surface area contributed by atoms with Crippen LogP contribution in [0.15, 0.2) is 34.4 Å². The van der Waals surface area contributed by atoms with Crippen LogP contribution in [0, 0.1) is 0 Å². The summed E-state index contributed by atoms with van der Waals surface area (Å²) in [7, 11) is 0. The van der Waals surface area contributed by atoms with E-state index in [1.54, 1.807) is 17.5 Å². The van der Waals surface area contributed by atoms with Crippen molar-refractivity contribution >= 4 is 38.6 Å². The Kier molecular flexibility index (Phi) is 3.76. The second kappa shape index (κ2) is 5.54. The van der Waals surface area contributed by atoms with E-state index in [-0.39, 0.29) is 0 Å². The topological polar surface area (TPSA) is 42.2 Å². The SMILES string of the molecule is CC(C)c1cc2c(NCc3sccc3Br)nccn2n1. The highest BCUT2D eigenvalue weighted by atomic mass is 79.9. The molecule has 20 heavy (non-hydrogen) atoms. The van der Waals surface area contributed by atoms with Crippen LogP contribution in [0.25, 0.3) is 5.52 Å². The number of fused-ring (bicyclic) bond motifs is 1. The van der Waals surface area contributed by atoms with Crippen LogP contribution in [0.5, 0.6) is 0 Å². The van der Waals surface area contributed by atoms with Gasteiger partial charge in [0.15, 0.2) is 5.82 Å². The summed E-state index contributed by atoms with van der Waals surface area (Å²) >= 11 is 5.27. The van der Waals surface area contributed by atoms with E-state index < -0.39 is 0 Å². The first-order valence-electron chi connectivity index (χ1n) is 6.45. The highest BCUT2D eigenvalue weighted by molar-refractivity contribution is 9.10. The van der Waals surface area contributed by atoms with Gasteiger partial charge in [0, 0.05) is 21.7 Å². The number of nitrogens with one attached hydrogen (secondary N) is 1. The van der Waals surface area contributed by atoms with Crippen LogP contribution in [-0.4, -0.2) is 14.6 Å². The van der Waals surface area contributed by atoms with Crippen LogP contribution < -0.4 is 5.32 Å². The lowest BCUT2D eigenvalue weighted by atomic mass is 10.1. The van der Waals surface area contributed by atoms with Gasteiger partial charge in [-0.3, -0.25) is 0 Å². The van der Waals surface area contributed by atoms with Crippen molar-refractivity contribution in [3.8, 4) is 0 Å². The zero-order valence-electron chi connectivity index (χ0n) is 11.3. The molecule has 0 aliphatic rings. The molecule has 0 unspecified atom stereocenters. The summed E-state index contributed by atoms with van der Waals surface area (Å²) in [6.45, 7) is 5.04. The van der Waals surface area contributed by atoms with Crippen LogP contribution in [0.3, 0.4) is 0 Å². The fourth-order valence-corrected chi connectivity index (χ4v) is 3.41. The molecule has 0 saturated heterocycles. The largest absolute Gasteiger partial charge is 0.363 e. The monoisotopic (exact) mass is 350 g/mol. The van der Waals surface area contributed by atoms with Gasteiger partial charge in [-0.2, -0.15) is 5.10 Å². The number of hydrogen-bond acceptors (Lipinski definition) is 4. The molecule has 0 spiro atoms. The Hall–Kier alpha value is -1.40. The summed E-state index contributed by atoms with van der Waals surface area (Å²) in [5, 5.41) is 10.0. The Balaban J connectivity index is 1.89. The van der Waals surface area contributed by atoms with E-state index in [2.05, 4.69) is 62.7 Å².